The van der Waals surface area contributed by atoms with Crippen LogP contribution in [0.2, 0.25) is 5.02 Å². The number of benzene rings is 1. The average molecular weight is 211 g/mol. The molecule has 1 aliphatic rings. The monoisotopic (exact) mass is 210 g/mol. The van der Waals surface area contributed by atoms with E-state index in [4.69, 9.17) is 17.3 Å². The Hall–Kier alpha value is -1.22. The number of anilines is 1. The van der Waals surface area contributed by atoms with Gasteiger partial charge in [-0.05, 0) is 30.2 Å². The topological polar surface area (TPSA) is 55.1 Å². The molecule has 1 aromatic rings. The highest BCUT2D eigenvalue weighted by Crippen LogP contribution is 2.30. The largest absolute Gasteiger partial charge is 0.399 e. The third-order valence-electron chi connectivity index (χ3n) is 2.39. The SMILES string of the molecule is Nc1ccc(Cl)c([C@H]2CCC(=O)N2)c1. The summed E-state index contributed by atoms with van der Waals surface area (Å²) in [5.41, 5.74) is 7.24. The highest BCUT2D eigenvalue weighted by Gasteiger charge is 2.23. The van der Waals surface area contributed by atoms with Crippen LogP contribution in [0.3, 0.4) is 0 Å². The number of nitrogens with one attached hydrogen (secondary N) is 1. The number of nitrogen functional groups attached to an aromatic ring is 1. The van der Waals surface area contributed by atoms with Crippen molar-refractivity contribution >= 4 is 23.2 Å². The lowest BCUT2D eigenvalue weighted by Gasteiger charge is -2.12. The van der Waals surface area contributed by atoms with Crippen LogP contribution in [-0.4, -0.2) is 5.91 Å². The summed E-state index contributed by atoms with van der Waals surface area (Å²) in [4.78, 5) is 11.0. The number of halogens is 1. The lowest BCUT2D eigenvalue weighted by atomic mass is 10.0. The molecular formula is C10H11ClN2O. The molecule has 74 valence electrons. The minimum absolute atomic E-state index is 0.0264. The molecule has 1 atom stereocenters. The Morgan fingerprint density at radius 3 is 2.93 bits per heavy atom. The Balaban J connectivity index is 2.31. The Labute approximate surface area is 87.2 Å². The second-order valence-corrected chi connectivity index (χ2v) is 3.85. The predicted molar refractivity (Wildman–Crippen MR) is 56.0 cm³/mol. The third kappa shape index (κ3) is 1.68. The van der Waals surface area contributed by atoms with Crippen molar-refractivity contribution in [1.29, 1.82) is 0 Å². The summed E-state index contributed by atoms with van der Waals surface area (Å²) < 4.78 is 0. The fourth-order valence-electron chi connectivity index (χ4n) is 1.68. The van der Waals surface area contributed by atoms with Gasteiger partial charge in [0, 0.05) is 17.1 Å². The molecular weight excluding hydrogens is 200 g/mol. The van der Waals surface area contributed by atoms with Gasteiger partial charge in [-0.3, -0.25) is 4.79 Å². The molecule has 0 radical (unpaired) electrons. The van der Waals surface area contributed by atoms with E-state index in [1.165, 1.54) is 0 Å². The summed E-state index contributed by atoms with van der Waals surface area (Å²) in [5.74, 6) is 0.0773. The van der Waals surface area contributed by atoms with E-state index in [9.17, 15) is 4.79 Å². The second-order valence-electron chi connectivity index (χ2n) is 3.44. The fourth-order valence-corrected chi connectivity index (χ4v) is 1.93. The molecule has 0 aromatic heterocycles. The molecule has 1 fully saturated rings. The molecule has 3 nitrogen and oxygen atoms in total. The van der Waals surface area contributed by atoms with Gasteiger partial charge < -0.3 is 11.1 Å². The van der Waals surface area contributed by atoms with E-state index in [0.717, 1.165) is 12.0 Å². The van der Waals surface area contributed by atoms with Gasteiger partial charge >= 0.3 is 0 Å². The summed E-state index contributed by atoms with van der Waals surface area (Å²) in [5, 5.41) is 3.52. The van der Waals surface area contributed by atoms with E-state index >= 15 is 0 Å². The number of rotatable bonds is 1. The molecule has 1 heterocycles. The molecule has 4 heteroatoms. The maximum atomic E-state index is 11.0. The standard InChI is InChI=1S/C10H11ClN2O/c11-8-2-1-6(12)5-7(8)9-3-4-10(14)13-9/h1-2,5,9H,3-4,12H2,(H,13,14)/t9-/m1/s1. The molecule has 2 rings (SSSR count). The van der Waals surface area contributed by atoms with Crippen LogP contribution in [0.5, 0.6) is 0 Å². The number of hydrogen-bond acceptors (Lipinski definition) is 2. The van der Waals surface area contributed by atoms with E-state index in [-0.39, 0.29) is 11.9 Å². The maximum absolute atomic E-state index is 11.0. The minimum atomic E-state index is 0.0264. The van der Waals surface area contributed by atoms with Crippen molar-refractivity contribution in [1.82, 2.24) is 5.32 Å². The van der Waals surface area contributed by atoms with Crippen molar-refractivity contribution in [2.24, 2.45) is 0 Å². The average Bonchev–Trinajstić information content (AvgIpc) is 2.56. The van der Waals surface area contributed by atoms with Crippen LogP contribution in [0, 0.1) is 0 Å². The number of carbonyl (C=O) groups is 1. The lowest BCUT2D eigenvalue weighted by molar-refractivity contribution is -0.119. The van der Waals surface area contributed by atoms with Crippen molar-refractivity contribution in [3.63, 3.8) is 0 Å². The van der Waals surface area contributed by atoms with E-state index in [2.05, 4.69) is 5.32 Å². The van der Waals surface area contributed by atoms with E-state index in [1.54, 1.807) is 12.1 Å². The first kappa shape index (κ1) is 9.34. The van der Waals surface area contributed by atoms with Gasteiger partial charge in [-0.15, -0.1) is 0 Å². The van der Waals surface area contributed by atoms with Crippen molar-refractivity contribution in [3.8, 4) is 0 Å². The van der Waals surface area contributed by atoms with Gasteiger partial charge in [0.1, 0.15) is 0 Å². The van der Waals surface area contributed by atoms with Gasteiger partial charge in [-0.25, -0.2) is 0 Å². The van der Waals surface area contributed by atoms with Gasteiger partial charge in [-0.1, -0.05) is 11.6 Å². The smallest absolute Gasteiger partial charge is 0.220 e. The zero-order chi connectivity index (χ0) is 10.1. The van der Waals surface area contributed by atoms with Crippen molar-refractivity contribution in [3.05, 3.63) is 28.8 Å². The Bertz CT molecular complexity index is 378. The van der Waals surface area contributed by atoms with Crippen LogP contribution >= 0.6 is 11.6 Å². The number of hydrogen-bond donors (Lipinski definition) is 2. The Morgan fingerprint density at radius 2 is 2.29 bits per heavy atom. The van der Waals surface area contributed by atoms with Gasteiger partial charge in [0.2, 0.25) is 5.91 Å². The quantitative estimate of drug-likeness (QED) is 0.696. The van der Waals surface area contributed by atoms with Crippen molar-refractivity contribution in [2.75, 3.05) is 5.73 Å². The molecule has 0 bridgehead atoms. The zero-order valence-electron chi connectivity index (χ0n) is 7.59. The van der Waals surface area contributed by atoms with Gasteiger partial charge in [0.05, 0.1) is 6.04 Å². The van der Waals surface area contributed by atoms with Crippen LogP contribution < -0.4 is 11.1 Å². The molecule has 0 aliphatic carbocycles. The molecule has 3 N–H and O–H groups in total. The van der Waals surface area contributed by atoms with Crippen LogP contribution in [0.1, 0.15) is 24.4 Å². The molecule has 0 spiro atoms. The Morgan fingerprint density at radius 1 is 1.50 bits per heavy atom. The van der Waals surface area contributed by atoms with Gasteiger partial charge in [-0.2, -0.15) is 0 Å². The minimum Gasteiger partial charge on any atom is -0.399 e. The Kier molecular flexibility index (Phi) is 2.33. The molecule has 1 aliphatic heterocycles. The van der Waals surface area contributed by atoms with Crippen LogP contribution in [-0.2, 0) is 4.79 Å². The third-order valence-corrected chi connectivity index (χ3v) is 2.73. The molecule has 0 saturated carbocycles. The second kappa shape index (κ2) is 3.50. The predicted octanol–water partition coefficient (Wildman–Crippen LogP) is 1.87. The number of carbonyl (C=O) groups excluding carboxylic acids is 1. The van der Waals surface area contributed by atoms with Crippen molar-refractivity contribution in [2.45, 2.75) is 18.9 Å². The molecule has 1 saturated heterocycles. The van der Waals surface area contributed by atoms with E-state index < -0.39 is 0 Å². The summed E-state index contributed by atoms with van der Waals surface area (Å²) >= 11 is 6.02. The first-order valence-corrected chi connectivity index (χ1v) is 4.89. The van der Waals surface area contributed by atoms with Crippen LogP contribution in [0.4, 0.5) is 5.69 Å². The fraction of sp³-hybridized carbons (Fsp3) is 0.300. The van der Waals surface area contributed by atoms with Crippen LogP contribution in [0.25, 0.3) is 0 Å². The summed E-state index contributed by atoms with van der Waals surface area (Å²) in [7, 11) is 0. The van der Waals surface area contributed by atoms with Crippen molar-refractivity contribution < 1.29 is 4.79 Å². The highest BCUT2D eigenvalue weighted by molar-refractivity contribution is 6.31. The maximum Gasteiger partial charge on any atom is 0.220 e. The van der Waals surface area contributed by atoms with E-state index in [1.807, 2.05) is 6.07 Å². The molecule has 1 aromatic carbocycles. The van der Waals surface area contributed by atoms with Gasteiger partial charge in [0.25, 0.3) is 0 Å². The molecule has 14 heavy (non-hydrogen) atoms. The summed E-state index contributed by atoms with van der Waals surface area (Å²) in [6.45, 7) is 0. The summed E-state index contributed by atoms with van der Waals surface area (Å²) in [6, 6.07) is 5.36. The number of amides is 1. The van der Waals surface area contributed by atoms with Crippen LogP contribution in [0.15, 0.2) is 18.2 Å². The first-order chi connectivity index (χ1) is 6.66. The number of nitrogens with two attached hydrogens (primary N) is 1. The molecule has 0 unspecified atom stereocenters. The highest BCUT2D eigenvalue weighted by atomic mass is 35.5. The van der Waals surface area contributed by atoms with Gasteiger partial charge in [0.15, 0.2) is 0 Å². The van der Waals surface area contributed by atoms with E-state index in [0.29, 0.717) is 17.1 Å². The zero-order valence-corrected chi connectivity index (χ0v) is 8.34. The normalized spacial score (nSPS) is 20.9. The first-order valence-electron chi connectivity index (χ1n) is 4.51. The lowest BCUT2D eigenvalue weighted by Crippen LogP contribution is -2.18. The molecule has 1 amide bonds. The summed E-state index contributed by atoms with van der Waals surface area (Å²) in [6.07, 6.45) is 1.36.